The van der Waals surface area contributed by atoms with E-state index in [0.717, 1.165) is 37.8 Å². The SMILES string of the molecule is CCCOc1cncc(N2CC3CCCNC3C2)n1. The van der Waals surface area contributed by atoms with Crippen LogP contribution < -0.4 is 15.0 Å². The van der Waals surface area contributed by atoms with E-state index in [0.29, 0.717) is 18.5 Å². The Balaban J connectivity index is 1.68. The normalized spacial score (nSPS) is 26.3. The van der Waals surface area contributed by atoms with E-state index in [2.05, 4.69) is 27.1 Å². The Morgan fingerprint density at radius 2 is 2.37 bits per heavy atom. The maximum absolute atomic E-state index is 5.56. The number of nitrogens with one attached hydrogen (secondary N) is 1. The summed E-state index contributed by atoms with van der Waals surface area (Å²) in [6.07, 6.45) is 7.15. The minimum Gasteiger partial charge on any atom is -0.477 e. The summed E-state index contributed by atoms with van der Waals surface area (Å²) in [6.45, 7) is 6.07. The van der Waals surface area contributed by atoms with Gasteiger partial charge in [0.25, 0.3) is 0 Å². The average molecular weight is 262 g/mol. The first-order valence-electron chi connectivity index (χ1n) is 7.30. The van der Waals surface area contributed by atoms with Gasteiger partial charge in [0, 0.05) is 19.1 Å². The number of piperidine rings is 1. The number of nitrogens with zero attached hydrogens (tertiary/aromatic N) is 3. The highest BCUT2D eigenvalue weighted by Crippen LogP contribution is 2.28. The van der Waals surface area contributed by atoms with Gasteiger partial charge < -0.3 is 15.0 Å². The molecule has 1 aromatic rings. The lowest BCUT2D eigenvalue weighted by Crippen LogP contribution is -2.40. The standard InChI is InChI=1S/C14H22N4O/c1-2-6-19-14-8-15-7-13(17-14)18-9-11-4-3-5-16-12(11)10-18/h7-8,11-12,16H,2-6,9-10H2,1H3. The molecule has 0 bridgehead atoms. The van der Waals surface area contributed by atoms with Crippen molar-refractivity contribution in [1.29, 1.82) is 0 Å². The number of fused-ring (bicyclic) bond motifs is 1. The fourth-order valence-corrected chi connectivity index (χ4v) is 3.00. The van der Waals surface area contributed by atoms with Crippen molar-refractivity contribution in [2.24, 2.45) is 5.92 Å². The molecule has 0 saturated carbocycles. The van der Waals surface area contributed by atoms with Crippen LogP contribution in [0.1, 0.15) is 26.2 Å². The minimum absolute atomic E-state index is 0.621. The van der Waals surface area contributed by atoms with Gasteiger partial charge in [0.2, 0.25) is 5.88 Å². The van der Waals surface area contributed by atoms with Crippen molar-refractivity contribution >= 4 is 5.82 Å². The predicted molar refractivity (Wildman–Crippen MR) is 74.5 cm³/mol. The van der Waals surface area contributed by atoms with Crippen LogP contribution in [0.3, 0.4) is 0 Å². The summed E-state index contributed by atoms with van der Waals surface area (Å²) in [6, 6.07) is 0.621. The van der Waals surface area contributed by atoms with Crippen molar-refractivity contribution < 1.29 is 4.74 Å². The molecule has 2 fully saturated rings. The van der Waals surface area contributed by atoms with Gasteiger partial charge in [-0.2, -0.15) is 4.98 Å². The fourth-order valence-electron chi connectivity index (χ4n) is 3.00. The molecule has 0 spiro atoms. The van der Waals surface area contributed by atoms with Crippen molar-refractivity contribution in [2.75, 3.05) is 31.1 Å². The van der Waals surface area contributed by atoms with Gasteiger partial charge in [0.1, 0.15) is 0 Å². The molecule has 2 aliphatic rings. The molecule has 5 nitrogen and oxygen atoms in total. The van der Waals surface area contributed by atoms with E-state index >= 15 is 0 Å². The molecular formula is C14H22N4O. The van der Waals surface area contributed by atoms with Crippen molar-refractivity contribution in [2.45, 2.75) is 32.2 Å². The lowest BCUT2D eigenvalue weighted by atomic mass is 9.94. The van der Waals surface area contributed by atoms with Gasteiger partial charge in [-0.05, 0) is 31.7 Å². The van der Waals surface area contributed by atoms with Crippen LogP contribution in [0.25, 0.3) is 0 Å². The molecule has 1 N–H and O–H groups in total. The van der Waals surface area contributed by atoms with Crippen molar-refractivity contribution in [1.82, 2.24) is 15.3 Å². The number of hydrogen-bond acceptors (Lipinski definition) is 5. The van der Waals surface area contributed by atoms with Crippen LogP contribution in [-0.2, 0) is 0 Å². The third-order valence-corrected chi connectivity index (χ3v) is 3.98. The van der Waals surface area contributed by atoms with Gasteiger partial charge in [0.05, 0.1) is 19.0 Å². The first-order valence-corrected chi connectivity index (χ1v) is 7.30. The maximum atomic E-state index is 5.56. The zero-order chi connectivity index (χ0) is 13.1. The number of anilines is 1. The highest BCUT2D eigenvalue weighted by atomic mass is 16.5. The van der Waals surface area contributed by atoms with Gasteiger partial charge in [-0.15, -0.1) is 0 Å². The van der Waals surface area contributed by atoms with E-state index in [9.17, 15) is 0 Å². The zero-order valence-electron chi connectivity index (χ0n) is 11.5. The molecule has 0 aromatic carbocycles. The molecule has 2 saturated heterocycles. The summed E-state index contributed by atoms with van der Waals surface area (Å²) in [5, 5.41) is 3.61. The lowest BCUT2D eigenvalue weighted by molar-refractivity contribution is 0.304. The smallest absolute Gasteiger partial charge is 0.234 e. The summed E-state index contributed by atoms with van der Waals surface area (Å²) in [5.41, 5.74) is 0. The van der Waals surface area contributed by atoms with Crippen LogP contribution in [0.15, 0.2) is 12.4 Å². The highest BCUT2D eigenvalue weighted by Gasteiger charge is 2.34. The Kier molecular flexibility index (Phi) is 3.82. The van der Waals surface area contributed by atoms with Crippen LogP contribution in [0.5, 0.6) is 5.88 Å². The van der Waals surface area contributed by atoms with E-state index in [1.54, 1.807) is 6.20 Å². The lowest BCUT2D eigenvalue weighted by Gasteiger charge is -2.24. The second-order valence-corrected chi connectivity index (χ2v) is 5.43. The second-order valence-electron chi connectivity index (χ2n) is 5.43. The van der Waals surface area contributed by atoms with Crippen LogP contribution >= 0.6 is 0 Å². The summed E-state index contributed by atoms with van der Waals surface area (Å²) < 4.78 is 5.56. The second kappa shape index (κ2) is 5.74. The molecule has 2 unspecified atom stereocenters. The Labute approximate surface area is 114 Å². The Morgan fingerprint density at radius 1 is 1.42 bits per heavy atom. The number of aromatic nitrogens is 2. The van der Waals surface area contributed by atoms with Crippen LogP contribution in [0.2, 0.25) is 0 Å². The monoisotopic (exact) mass is 262 g/mol. The first-order chi connectivity index (χ1) is 9.36. The molecular weight excluding hydrogens is 240 g/mol. The molecule has 19 heavy (non-hydrogen) atoms. The molecule has 5 heteroatoms. The Hall–Kier alpha value is -1.36. The molecule has 2 aliphatic heterocycles. The molecule has 0 aliphatic carbocycles. The quantitative estimate of drug-likeness (QED) is 0.890. The minimum atomic E-state index is 0.621. The molecule has 104 valence electrons. The zero-order valence-corrected chi connectivity index (χ0v) is 11.5. The average Bonchev–Trinajstić information content (AvgIpc) is 2.89. The molecule has 1 aromatic heterocycles. The van der Waals surface area contributed by atoms with E-state index in [1.165, 1.54) is 12.8 Å². The fraction of sp³-hybridized carbons (Fsp3) is 0.714. The van der Waals surface area contributed by atoms with E-state index in [1.807, 2.05) is 6.20 Å². The summed E-state index contributed by atoms with van der Waals surface area (Å²) >= 11 is 0. The van der Waals surface area contributed by atoms with Crippen molar-refractivity contribution in [3.63, 3.8) is 0 Å². The Bertz CT molecular complexity index is 412. The van der Waals surface area contributed by atoms with Gasteiger partial charge in [-0.1, -0.05) is 6.92 Å². The molecule has 0 amide bonds. The topological polar surface area (TPSA) is 50.3 Å². The van der Waals surface area contributed by atoms with E-state index < -0.39 is 0 Å². The number of rotatable bonds is 4. The summed E-state index contributed by atoms with van der Waals surface area (Å²) in [5.74, 6) is 2.35. The molecule has 3 heterocycles. The largest absolute Gasteiger partial charge is 0.477 e. The third kappa shape index (κ3) is 2.81. The Morgan fingerprint density at radius 3 is 3.21 bits per heavy atom. The number of ether oxygens (including phenoxy) is 1. The summed E-state index contributed by atoms with van der Waals surface area (Å²) in [7, 11) is 0. The third-order valence-electron chi connectivity index (χ3n) is 3.98. The van der Waals surface area contributed by atoms with Crippen LogP contribution in [0.4, 0.5) is 5.82 Å². The van der Waals surface area contributed by atoms with Gasteiger partial charge >= 0.3 is 0 Å². The van der Waals surface area contributed by atoms with E-state index in [4.69, 9.17) is 4.74 Å². The van der Waals surface area contributed by atoms with Crippen molar-refractivity contribution in [3.05, 3.63) is 12.4 Å². The highest BCUT2D eigenvalue weighted by molar-refractivity contribution is 5.40. The van der Waals surface area contributed by atoms with Gasteiger partial charge in [0.15, 0.2) is 5.82 Å². The van der Waals surface area contributed by atoms with Crippen LogP contribution in [0, 0.1) is 5.92 Å². The number of hydrogen-bond donors (Lipinski definition) is 1. The molecule has 2 atom stereocenters. The predicted octanol–water partition coefficient (Wildman–Crippen LogP) is 1.45. The maximum Gasteiger partial charge on any atom is 0.234 e. The molecule has 3 rings (SSSR count). The van der Waals surface area contributed by atoms with E-state index in [-0.39, 0.29) is 0 Å². The van der Waals surface area contributed by atoms with Crippen molar-refractivity contribution in [3.8, 4) is 5.88 Å². The van der Waals surface area contributed by atoms with Crippen LogP contribution in [-0.4, -0.2) is 42.3 Å². The molecule has 0 radical (unpaired) electrons. The summed E-state index contributed by atoms with van der Waals surface area (Å²) in [4.78, 5) is 11.1. The van der Waals surface area contributed by atoms with Gasteiger partial charge in [-0.3, -0.25) is 4.98 Å². The van der Waals surface area contributed by atoms with Gasteiger partial charge in [-0.25, -0.2) is 0 Å². The first kappa shape index (κ1) is 12.7.